The summed E-state index contributed by atoms with van der Waals surface area (Å²) in [4.78, 5) is 22.4. The van der Waals surface area contributed by atoms with Crippen LogP contribution in [-0.4, -0.2) is 49.9 Å². The molecule has 0 bridgehead atoms. The molecule has 0 heterocycles. The predicted octanol–water partition coefficient (Wildman–Crippen LogP) is -0.712. The minimum Gasteiger partial charge on any atom is -0.484 e. The van der Waals surface area contributed by atoms with Gasteiger partial charge in [-0.05, 0) is 24.3 Å². The standard InChI is InChI=1S/C13H18N2O5/c1-19-7-10(6-16)15-13(18)9-2-4-11(5-3-9)20-8-12(14)17/h2-5,10,16H,6-8H2,1H3,(H2,14,17)(H,15,18). The Labute approximate surface area is 116 Å². The number of nitrogens with one attached hydrogen (secondary N) is 1. The summed E-state index contributed by atoms with van der Waals surface area (Å²) < 4.78 is 9.94. The molecule has 0 aliphatic carbocycles. The maximum Gasteiger partial charge on any atom is 0.255 e. The summed E-state index contributed by atoms with van der Waals surface area (Å²) in [7, 11) is 1.49. The van der Waals surface area contributed by atoms with Crippen molar-refractivity contribution in [3.63, 3.8) is 0 Å². The molecule has 1 unspecified atom stereocenters. The molecule has 0 saturated heterocycles. The second-order valence-electron chi connectivity index (χ2n) is 4.09. The number of carbonyl (C=O) groups excluding carboxylic acids is 2. The Hall–Kier alpha value is -2.12. The second kappa shape index (κ2) is 8.13. The van der Waals surface area contributed by atoms with Gasteiger partial charge in [-0.1, -0.05) is 0 Å². The fourth-order valence-electron chi connectivity index (χ4n) is 1.47. The molecule has 0 spiro atoms. The zero-order valence-electron chi connectivity index (χ0n) is 11.2. The van der Waals surface area contributed by atoms with E-state index in [-0.39, 0.29) is 25.7 Å². The monoisotopic (exact) mass is 282 g/mol. The first kappa shape index (κ1) is 15.9. The molecule has 0 fully saturated rings. The Morgan fingerprint density at radius 2 is 2.00 bits per heavy atom. The summed E-state index contributed by atoms with van der Waals surface area (Å²) in [6.07, 6.45) is 0. The van der Waals surface area contributed by atoms with Crippen molar-refractivity contribution in [3.05, 3.63) is 29.8 Å². The lowest BCUT2D eigenvalue weighted by Crippen LogP contribution is -2.40. The van der Waals surface area contributed by atoms with Crippen molar-refractivity contribution in [2.24, 2.45) is 5.73 Å². The number of methoxy groups -OCH3 is 1. The van der Waals surface area contributed by atoms with Crippen molar-refractivity contribution in [2.75, 3.05) is 26.9 Å². The molecular weight excluding hydrogens is 264 g/mol. The summed E-state index contributed by atoms with van der Waals surface area (Å²) in [6, 6.07) is 5.75. The molecule has 0 saturated carbocycles. The number of aliphatic hydroxyl groups is 1. The van der Waals surface area contributed by atoms with Gasteiger partial charge in [0.2, 0.25) is 0 Å². The zero-order chi connectivity index (χ0) is 15.0. The number of ether oxygens (including phenoxy) is 2. The molecule has 20 heavy (non-hydrogen) atoms. The van der Waals surface area contributed by atoms with Crippen LogP contribution in [0.15, 0.2) is 24.3 Å². The van der Waals surface area contributed by atoms with E-state index in [0.29, 0.717) is 11.3 Å². The van der Waals surface area contributed by atoms with E-state index in [1.54, 1.807) is 24.3 Å². The Balaban J connectivity index is 2.58. The van der Waals surface area contributed by atoms with Crippen molar-refractivity contribution < 1.29 is 24.2 Å². The van der Waals surface area contributed by atoms with Crippen molar-refractivity contribution in [2.45, 2.75) is 6.04 Å². The number of rotatable bonds is 8. The van der Waals surface area contributed by atoms with Gasteiger partial charge in [-0.25, -0.2) is 0 Å². The summed E-state index contributed by atoms with van der Waals surface area (Å²) in [6.45, 7) is -0.201. The van der Waals surface area contributed by atoms with Crippen LogP contribution in [0.4, 0.5) is 0 Å². The molecule has 1 rings (SSSR count). The fourth-order valence-corrected chi connectivity index (χ4v) is 1.47. The van der Waals surface area contributed by atoms with E-state index in [0.717, 1.165) is 0 Å². The Morgan fingerprint density at radius 3 is 2.50 bits per heavy atom. The SMILES string of the molecule is COCC(CO)NC(=O)c1ccc(OCC(N)=O)cc1. The largest absolute Gasteiger partial charge is 0.484 e. The van der Waals surface area contributed by atoms with Crippen LogP contribution in [0.5, 0.6) is 5.75 Å². The van der Waals surface area contributed by atoms with Gasteiger partial charge in [-0.15, -0.1) is 0 Å². The molecule has 7 heteroatoms. The third-order valence-corrected chi connectivity index (χ3v) is 2.42. The molecule has 110 valence electrons. The van der Waals surface area contributed by atoms with Gasteiger partial charge in [0, 0.05) is 12.7 Å². The molecule has 0 aliphatic rings. The van der Waals surface area contributed by atoms with Crippen LogP contribution in [0.3, 0.4) is 0 Å². The fraction of sp³-hybridized carbons (Fsp3) is 0.385. The number of nitrogens with two attached hydrogens (primary N) is 1. The van der Waals surface area contributed by atoms with Gasteiger partial charge < -0.3 is 25.6 Å². The average molecular weight is 282 g/mol. The summed E-state index contributed by atoms with van der Waals surface area (Å²) in [5, 5.41) is 11.7. The van der Waals surface area contributed by atoms with Crippen molar-refractivity contribution in [1.82, 2.24) is 5.32 Å². The quantitative estimate of drug-likeness (QED) is 0.583. The topological polar surface area (TPSA) is 111 Å². The molecule has 7 nitrogen and oxygen atoms in total. The van der Waals surface area contributed by atoms with Crippen LogP contribution in [0, 0.1) is 0 Å². The van der Waals surface area contributed by atoms with Crippen LogP contribution < -0.4 is 15.8 Å². The number of aliphatic hydroxyl groups excluding tert-OH is 1. The number of benzene rings is 1. The van der Waals surface area contributed by atoms with Crippen LogP contribution in [-0.2, 0) is 9.53 Å². The number of primary amides is 1. The lowest BCUT2D eigenvalue weighted by molar-refractivity contribution is -0.119. The molecule has 1 aromatic carbocycles. The minimum absolute atomic E-state index is 0.209. The highest BCUT2D eigenvalue weighted by Gasteiger charge is 2.12. The van der Waals surface area contributed by atoms with Gasteiger partial charge in [0.25, 0.3) is 11.8 Å². The Kier molecular flexibility index (Phi) is 6.48. The lowest BCUT2D eigenvalue weighted by Gasteiger charge is -2.15. The minimum atomic E-state index is -0.572. The summed E-state index contributed by atoms with van der Waals surface area (Å²) in [5.74, 6) is -0.462. The van der Waals surface area contributed by atoms with Crippen LogP contribution in [0.1, 0.15) is 10.4 Å². The first-order chi connectivity index (χ1) is 9.56. The van der Waals surface area contributed by atoms with Crippen LogP contribution >= 0.6 is 0 Å². The second-order valence-corrected chi connectivity index (χ2v) is 4.09. The molecule has 2 amide bonds. The number of carbonyl (C=O) groups is 2. The average Bonchev–Trinajstić information content (AvgIpc) is 2.45. The van der Waals surface area contributed by atoms with E-state index >= 15 is 0 Å². The Morgan fingerprint density at radius 1 is 1.35 bits per heavy atom. The van der Waals surface area contributed by atoms with E-state index in [1.807, 2.05) is 0 Å². The van der Waals surface area contributed by atoms with Gasteiger partial charge >= 0.3 is 0 Å². The predicted molar refractivity (Wildman–Crippen MR) is 71.3 cm³/mol. The maximum atomic E-state index is 11.9. The van der Waals surface area contributed by atoms with Gasteiger partial charge in [0.15, 0.2) is 6.61 Å². The molecule has 1 atom stereocenters. The first-order valence-corrected chi connectivity index (χ1v) is 5.98. The highest BCUT2D eigenvalue weighted by molar-refractivity contribution is 5.94. The highest BCUT2D eigenvalue weighted by atomic mass is 16.5. The maximum absolute atomic E-state index is 11.9. The van der Waals surface area contributed by atoms with E-state index in [2.05, 4.69) is 5.32 Å². The third kappa shape index (κ3) is 5.25. The molecule has 0 radical (unpaired) electrons. The van der Waals surface area contributed by atoms with E-state index in [4.69, 9.17) is 20.3 Å². The first-order valence-electron chi connectivity index (χ1n) is 5.98. The molecule has 1 aromatic rings. The molecular formula is C13H18N2O5. The van der Waals surface area contributed by atoms with Gasteiger partial charge in [0.1, 0.15) is 5.75 Å². The molecule has 0 aliphatic heterocycles. The van der Waals surface area contributed by atoms with Crippen molar-refractivity contribution in [1.29, 1.82) is 0 Å². The van der Waals surface area contributed by atoms with Gasteiger partial charge in [-0.3, -0.25) is 9.59 Å². The summed E-state index contributed by atoms with van der Waals surface area (Å²) >= 11 is 0. The van der Waals surface area contributed by atoms with Crippen molar-refractivity contribution in [3.8, 4) is 5.75 Å². The lowest BCUT2D eigenvalue weighted by atomic mass is 10.2. The van der Waals surface area contributed by atoms with E-state index in [1.165, 1.54) is 7.11 Å². The number of hydrogen-bond acceptors (Lipinski definition) is 5. The molecule has 4 N–H and O–H groups in total. The third-order valence-electron chi connectivity index (χ3n) is 2.42. The van der Waals surface area contributed by atoms with E-state index < -0.39 is 11.9 Å². The molecule has 0 aromatic heterocycles. The van der Waals surface area contributed by atoms with E-state index in [9.17, 15) is 9.59 Å². The highest BCUT2D eigenvalue weighted by Crippen LogP contribution is 2.12. The van der Waals surface area contributed by atoms with Gasteiger partial charge in [-0.2, -0.15) is 0 Å². The van der Waals surface area contributed by atoms with Gasteiger partial charge in [0.05, 0.1) is 19.3 Å². The van der Waals surface area contributed by atoms with Crippen molar-refractivity contribution >= 4 is 11.8 Å². The Bertz CT molecular complexity index is 447. The summed E-state index contributed by atoms with van der Waals surface area (Å²) in [5.41, 5.74) is 5.36. The normalized spacial score (nSPS) is 11.7. The van der Waals surface area contributed by atoms with Crippen LogP contribution in [0.25, 0.3) is 0 Å². The smallest absolute Gasteiger partial charge is 0.255 e. The number of amides is 2. The van der Waals surface area contributed by atoms with Crippen LogP contribution in [0.2, 0.25) is 0 Å². The number of hydrogen-bond donors (Lipinski definition) is 3. The zero-order valence-corrected chi connectivity index (χ0v) is 11.2.